The first-order valence-corrected chi connectivity index (χ1v) is 7.45. The molecule has 1 aromatic carbocycles. The number of hydrogen-bond donors (Lipinski definition) is 1. The van der Waals surface area contributed by atoms with Crippen LogP contribution in [0.4, 0.5) is 13.2 Å². The van der Waals surface area contributed by atoms with Crippen molar-refractivity contribution in [1.29, 1.82) is 0 Å². The van der Waals surface area contributed by atoms with Gasteiger partial charge in [0.05, 0.1) is 12.1 Å². The second-order valence-corrected chi connectivity index (χ2v) is 6.02. The molecule has 0 unspecified atom stereocenters. The van der Waals surface area contributed by atoms with Crippen LogP contribution in [0.25, 0.3) is 0 Å². The van der Waals surface area contributed by atoms with Crippen molar-refractivity contribution in [1.82, 2.24) is 5.32 Å². The van der Waals surface area contributed by atoms with Gasteiger partial charge < -0.3 is 10.1 Å². The Morgan fingerprint density at radius 2 is 2.05 bits per heavy atom. The number of hydrogen-bond acceptors (Lipinski definition) is 3. The van der Waals surface area contributed by atoms with E-state index in [4.69, 9.17) is 4.74 Å². The molecule has 7 heteroatoms. The molecule has 0 aromatic heterocycles. The summed E-state index contributed by atoms with van der Waals surface area (Å²) in [6.07, 6.45) is 1.89. The third kappa shape index (κ3) is 4.93. The first-order chi connectivity index (χ1) is 9.85. The number of alkyl halides is 3. The summed E-state index contributed by atoms with van der Waals surface area (Å²) in [6.45, 7) is 2.57. The van der Waals surface area contributed by atoms with Crippen LogP contribution in [0.2, 0.25) is 0 Å². The zero-order valence-corrected chi connectivity index (χ0v) is 12.3. The van der Waals surface area contributed by atoms with Gasteiger partial charge in [-0.3, -0.25) is 4.79 Å². The Morgan fingerprint density at radius 1 is 1.38 bits per heavy atom. The van der Waals surface area contributed by atoms with E-state index >= 15 is 0 Å². The molecule has 21 heavy (non-hydrogen) atoms. The molecule has 1 aliphatic rings. The number of carbonyl (C=O) groups excluding carboxylic acids is 1. The number of benzene rings is 1. The molecule has 0 aliphatic carbocycles. The summed E-state index contributed by atoms with van der Waals surface area (Å²) in [4.78, 5) is 12.1. The number of rotatable bonds is 4. The third-order valence-corrected chi connectivity index (χ3v) is 3.97. The van der Waals surface area contributed by atoms with Gasteiger partial charge in [-0.2, -0.15) is 13.2 Å². The lowest BCUT2D eigenvalue weighted by Gasteiger charge is -2.20. The summed E-state index contributed by atoms with van der Waals surface area (Å²) in [5.41, 5.74) is -3.98. The van der Waals surface area contributed by atoms with E-state index in [0.29, 0.717) is 12.2 Å². The number of halogens is 3. The van der Waals surface area contributed by atoms with Gasteiger partial charge in [0, 0.05) is 17.1 Å². The average Bonchev–Trinajstić information content (AvgIpc) is 2.91. The second-order valence-electron chi connectivity index (χ2n) is 4.89. The van der Waals surface area contributed by atoms with Crippen LogP contribution in [0, 0.1) is 0 Å². The summed E-state index contributed by atoms with van der Waals surface area (Å²) in [6, 6.07) is 5.26. The maximum absolute atomic E-state index is 12.2. The molecule has 1 aliphatic heterocycles. The van der Waals surface area contributed by atoms with Crippen LogP contribution in [-0.2, 0) is 4.74 Å². The number of nitrogens with one attached hydrogen (secondary N) is 1. The van der Waals surface area contributed by atoms with E-state index in [1.807, 2.05) is 6.92 Å². The Balaban J connectivity index is 1.93. The van der Waals surface area contributed by atoms with Crippen LogP contribution < -0.4 is 5.32 Å². The molecule has 1 saturated heterocycles. The monoisotopic (exact) mass is 319 g/mol. The van der Waals surface area contributed by atoms with Crippen molar-refractivity contribution in [3.8, 4) is 0 Å². The van der Waals surface area contributed by atoms with Crippen LogP contribution in [0.15, 0.2) is 29.2 Å². The minimum absolute atomic E-state index is 0.00834. The molecule has 1 heterocycles. The second kappa shape index (κ2) is 6.70. The zero-order chi connectivity index (χ0) is 15.5. The Morgan fingerprint density at radius 3 is 2.57 bits per heavy atom. The van der Waals surface area contributed by atoms with E-state index in [-0.39, 0.29) is 34.7 Å². The summed E-state index contributed by atoms with van der Waals surface area (Å²) in [5.74, 6) is -0.304. The minimum Gasteiger partial charge on any atom is -0.376 e. The molecule has 116 valence electrons. The Labute approximate surface area is 125 Å². The highest BCUT2D eigenvalue weighted by atomic mass is 32.2. The highest BCUT2D eigenvalue weighted by Gasteiger charge is 2.29. The van der Waals surface area contributed by atoms with Gasteiger partial charge in [-0.1, -0.05) is 0 Å². The standard InChI is InChI=1S/C14H16F3NO2S/c1-9(12-3-2-8-20-12)18-13(19)10-4-6-11(7-5-10)21-14(15,16)17/h4-7,9,12H,2-3,8H2,1H3,(H,18,19)/t9-,12-/m1/s1. The predicted molar refractivity (Wildman–Crippen MR) is 74.3 cm³/mol. The Bertz CT molecular complexity index is 484. The lowest BCUT2D eigenvalue weighted by atomic mass is 10.1. The van der Waals surface area contributed by atoms with Crippen LogP contribution in [0.1, 0.15) is 30.1 Å². The summed E-state index contributed by atoms with van der Waals surface area (Å²) < 4.78 is 42.1. The molecular weight excluding hydrogens is 303 g/mol. The maximum atomic E-state index is 12.2. The van der Waals surface area contributed by atoms with Gasteiger partial charge >= 0.3 is 5.51 Å². The summed E-state index contributed by atoms with van der Waals surface area (Å²) in [7, 11) is 0. The third-order valence-electron chi connectivity index (χ3n) is 3.23. The van der Waals surface area contributed by atoms with Crippen molar-refractivity contribution in [3.05, 3.63) is 29.8 Å². The molecule has 0 bridgehead atoms. The SMILES string of the molecule is C[C@@H](NC(=O)c1ccc(SC(F)(F)F)cc1)[C@H]1CCCO1. The van der Waals surface area contributed by atoms with Crippen molar-refractivity contribution in [2.75, 3.05) is 6.61 Å². The van der Waals surface area contributed by atoms with Crippen molar-refractivity contribution in [2.45, 2.75) is 42.3 Å². The van der Waals surface area contributed by atoms with E-state index in [1.165, 1.54) is 24.3 Å². The molecule has 0 saturated carbocycles. The normalized spacial score (nSPS) is 20.3. The van der Waals surface area contributed by atoms with Gasteiger partial charge in [-0.15, -0.1) is 0 Å². The van der Waals surface area contributed by atoms with Crippen LogP contribution in [0.5, 0.6) is 0 Å². The topological polar surface area (TPSA) is 38.3 Å². The number of ether oxygens (including phenoxy) is 1. The molecule has 0 radical (unpaired) electrons. The van der Waals surface area contributed by atoms with Gasteiger partial charge in [0.2, 0.25) is 0 Å². The van der Waals surface area contributed by atoms with E-state index < -0.39 is 5.51 Å². The smallest absolute Gasteiger partial charge is 0.376 e. The number of thioether (sulfide) groups is 1. The molecule has 1 aromatic rings. The van der Waals surface area contributed by atoms with Crippen LogP contribution in [-0.4, -0.2) is 30.2 Å². The lowest BCUT2D eigenvalue weighted by Crippen LogP contribution is -2.40. The molecule has 2 atom stereocenters. The Hall–Kier alpha value is -1.21. The van der Waals surface area contributed by atoms with Crippen LogP contribution >= 0.6 is 11.8 Å². The van der Waals surface area contributed by atoms with E-state index in [9.17, 15) is 18.0 Å². The molecular formula is C14H16F3NO2S. The number of amides is 1. The van der Waals surface area contributed by atoms with Crippen molar-refractivity contribution >= 4 is 17.7 Å². The van der Waals surface area contributed by atoms with Crippen molar-refractivity contribution < 1.29 is 22.7 Å². The molecule has 1 N–H and O–H groups in total. The van der Waals surface area contributed by atoms with Gasteiger partial charge in [0.15, 0.2) is 0 Å². The van der Waals surface area contributed by atoms with Crippen molar-refractivity contribution in [3.63, 3.8) is 0 Å². The summed E-state index contributed by atoms with van der Waals surface area (Å²) >= 11 is -0.196. The van der Waals surface area contributed by atoms with E-state index in [0.717, 1.165) is 12.8 Å². The predicted octanol–water partition coefficient (Wildman–Crippen LogP) is 3.60. The average molecular weight is 319 g/mol. The highest BCUT2D eigenvalue weighted by Crippen LogP contribution is 2.36. The zero-order valence-electron chi connectivity index (χ0n) is 11.4. The lowest BCUT2D eigenvalue weighted by molar-refractivity contribution is -0.0328. The maximum Gasteiger partial charge on any atom is 0.446 e. The van der Waals surface area contributed by atoms with Gasteiger partial charge in [-0.05, 0) is 55.8 Å². The first-order valence-electron chi connectivity index (χ1n) is 6.63. The highest BCUT2D eigenvalue weighted by molar-refractivity contribution is 8.00. The molecule has 1 fully saturated rings. The first kappa shape index (κ1) is 16.2. The van der Waals surface area contributed by atoms with E-state index in [2.05, 4.69) is 5.32 Å². The van der Waals surface area contributed by atoms with Gasteiger partial charge in [-0.25, -0.2) is 0 Å². The molecule has 2 rings (SSSR count). The Kier molecular flexibility index (Phi) is 5.16. The fraction of sp³-hybridized carbons (Fsp3) is 0.500. The fourth-order valence-corrected chi connectivity index (χ4v) is 2.73. The fourth-order valence-electron chi connectivity index (χ4n) is 2.19. The largest absolute Gasteiger partial charge is 0.446 e. The van der Waals surface area contributed by atoms with Crippen LogP contribution in [0.3, 0.4) is 0 Å². The van der Waals surface area contributed by atoms with Gasteiger partial charge in [0.25, 0.3) is 5.91 Å². The molecule has 1 amide bonds. The quantitative estimate of drug-likeness (QED) is 0.862. The van der Waals surface area contributed by atoms with Crippen molar-refractivity contribution in [2.24, 2.45) is 0 Å². The minimum atomic E-state index is -4.32. The molecule has 0 spiro atoms. The summed E-state index contributed by atoms with van der Waals surface area (Å²) in [5, 5.41) is 2.81. The molecule has 3 nitrogen and oxygen atoms in total. The van der Waals surface area contributed by atoms with E-state index in [1.54, 1.807) is 0 Å². The van der Waals surface area contributed by atoms with Gasteiger partial charge in [0.1, 0.15) is 0 Å². The number of carbonyl (C=O) groups is 1.